The lowest BCUT2D eigenvalue weighted by Crippen LogP contribution is -2.08. The lowest BCUT2D eigenvalue weighted by atomic mass is 10.1. The Labute approximate surface area is 198 Å². The summed E-state index contributed by atoms with van der Waals surface area (Å²) in [6.45, 7) is 14.2. The third kappa shape index (κ3) is 8.83. The summed E-state index contributed by atoms with van der Waals surface area (Å²) in [4.78, 5) is 12.9. The smallest absolute Gasteiger partial charge is 0.185 e. The Morgan fingerprint density at radius 1 is 0.818 bits per heavy atom. The van der Waals surface area contributed by atoms with Gasteiger partial charge in [-0.25, -0.2) is 0 Å². The molecule has 0 N–H and O–H groups in total. The molecule has 2 aromatic rings. The highest BCUT2D eigenvalue weighted by Crippen LogP contribution is 2.37. The Morgan fingerprint density at radius 3 is 2.03 bits per heavy atom. The van der Waals surface area contributed by atoms with Gasteiger partial charge in [-0.15, -0.1) is 0 Å². The van der Waals surface area contributed by atoms with E-state index in [-0.39, 0.29) is 5.78 Å². The Balaban J connectivity index is 2.32. The third-order valence-electron chi connectivity index (χ3n) is 4.54. The summed E-state index contributed by atoms with van der Waals surface area (Å²) in [5.41, 5.74) is 1.30. The zero-order chi connectivity index (χ0) is 24.4. The molecule has 0 fully saturated rings. The molecular formula is C28H38O5. The van der Waals surface area contributed by atoms with Gasteiger partial charge in [0.15, 0.2) is 17.3 Å². The van der Waals surface area contributed by atoms with E-state index in [0.717, 1.165) is 5.56 Å². The maximum absolute atomic E-state index is 12.9. The first-order chi connectivity index (χ1) is 15.7. The fourth-order valence-electron chi connectivity index (χ4n) is 2.89. The molecule has 0 aliphatic heterocycles. The SMILES string of the molecule is COc1cc(OCC(C)C)cc(C=CC(=O)c2cccc(OCC(C)C)c2)c1OCC(C)C. The second-order valence-corrected chi connectivity index (χ2v) is 9.38. The van der Waals surface area contributed by atoms with Crippen LogP contribution in [0.15, 0.2) is 42.5 Å². The average Bonchev–Trinajstić information content (AvgIpc) is 2.78. The normalized spacial score (nSPS) is 11.5. The number of allylic oxidation sites excluding steroid dienone is 1. The minimum absolute atomic E-state index is 0.118. The first-order valence-electron chi connectivity index (χ1n) is 11.6. The summed E-state index contributed by atoms with van der Waals surface area (Å²) >= 11 is 0. The molecule has 0 aromatic heterocycles. The van der Waals surface area contributed by atoms with Gasteiger partial charge in [-0.2, -0.15) is 0 Å². The minimum atomic E-state index is -0.118. The fourth-order valence-corrected chi connectivity index (χ4v) is 2.89. The van der Waals surface area contributed by atoms with Crippen LogP contribution in [0.2, 0.25) is 0 Å². The topological polar surface area (TPSA) is 54.0 Å². The second-order valence-electron chi connectivity index (χ2n) is 9.38. The first-order valence-corrected chi connectivity index (χ1v) is 11.6. The predicted molar refractivity (Wildman–Crippen MR) is 134 cm³/mol. The number of carbonyl (C=O) groups excluding carboxylic acids is 1. The molecule has 0 radical (unpaired) electrons. The van der Waals surface area contributed by atoms with Crippen molar-refractivity contribution < 1.29 is 23.7 Å². The first kappa shape index (κ1) is 26.3. The van der Waals surface area contributed by atoms with Crippen LogP contribution in [-0.2, 0) is 0 Å². The Bertz CT molecular complexity index is 928. The predicted octanol–water partition coefficient (Wildman–Crippen LogP) is 6.70. The molecule has 0 heterocycles. The van der Waals surface area contributed by atoms with Crippen molar-refractivity contribution in [2.45, 2.75) is 41.5 Å². The van der Waals surface area contributed by atoms with Crippen LogP contribution in [0.1, 0.15) is 57.5 Å². The van der Waals surface area contributed by atoms with Crippen LogP contribution in [0.3, 0.4) is 0 Å². The molecule has 0 amide bonds. The van der Waals surface area contributed by atoms with E-state index < -0.39 is 0 Å². The number of methoxy groups -OCH3 is 1. The van der Waals surface area contributed by atoms with Crippen LogP contribution < -0.4 is 18.9 Å². The molecule has 0 atom stereocenters. The van der Waals surface area contributed by atoms with Crippen molar-refractivity contribution in [2.75, 3.05) is 26.9 Å². The molecule has 0 unspecified atom stereocenters. The molecule has 180 valence electrons. The zero-order valence-corrected chi connectivity index (χ0v) is 21.0. The zero-order valence-electron chi connectivity index (χ0n) is 21.0. The van der Waals surface area contributed by atoms with E-state index in [2.05, 4.69) is 41.5 Å². The van der Waals surface area contributed by atoms with Crippen LogP contribution in [0.4, 0.5) is 0 Å². The van der Waals surface area contributed by atoms with Crippen LogP contribution in [0.5, 0.6) is 23.0 Å². The number of rotatable bonds is 13. The summed E-state index contributed by atoms with van der Waals surface area (Å²) in [6, 6.07) is 11.0. The van der Waals surface area contributed by atoms with Gasteiger partial charge in [0, 0.05) is 17.2 Å². The Hall–Kier alpha value is -2.95. The van der Waals surface area contributed by atoms with E-state index in [1.165, 1.54) is 0 Å². The van der Waals surface area contributed by atoms with E-state index in [1.807, 2.05) is 24.3 Å². The summed E-state index contributed by atoms with van der Waals surface area (Å²) in [5.74, 6) is 3.57. The Kier molecular flexibility index (Phi) is 10.3. The summed E-state index contributed by atoms with van der Waals surface area (Å²) in [6.07, 6.45) is 3.30. The monoisotopic (exact) mass is 454 g/mol. The highest BCUT2D eigenvalue weighted by molar-refractivity contribution is 6.07. The molecule has 2 rings (SSSR count). The van der Waals surface area contributed by atoms with Gasteiger partial charge in [0.25, 0.3) is 0 Å². The van der Waals surface area contributed by atoms with Crippen molar-refractivity contribution in [1.29, 1.82) is 0 Å². The molecule has 0 aliphatic rings. The van der Waals surface area contributed by atoms with Gasteiger partial charge in [0.05, 0.1) is 26.9 Å². The number of ether oxygens (including phenoxy) is 4. The highest BCUT2D eigenvalue weighted by atomic mass is 16.5. The van der Waals surface area contributed by atoms with Crippen LogP contribution in [-0.4, -0.2) is 32.7 Å². The van der Waals surface area contributed by atoms with Gasteiger partial charge >= 0.3 is 0 Å². The minimum Gasteiger partial charge on any atom is -0.493 e. The summed E-state index contributed by atoms with van der Waals surface area (Å²) in [7, 11) is 1.60. The fraction of sp³-hybridized carbons (Fsp3) is 0.464. The molecule has 5 heteroatoms. The van der Waals surface area contributed by atoms with Crippen molar-refractivity contribution in [2.24, 2.45) is 17.8 Å². The van der Waals surface area contributed by atoms with E-state index in [9.17, 15) is 4.79 Å². The molecule has 0 saturated carbocycles. The van der Waals surface area contributed by atoms with Gasteiger partial charge in [-0.1, -0.05) is 53.7 Å². The van der Waals surface area contributed by atoms with E-state index in [0.29, 0.717) is 66.1 Å². The number of carbonyl (C=O) groups is 1. The molecule has 2 aromatic carbocycles. The number of ketones is 1. The number of hydrogen-bond donors (Lipinski definition) is 0. The maximum atomic E-state index is 12.9. The molecule has 5 nitrogen and oxygen atoms in total. The second kappa shape index (κ2) is 12.9. The molecule has 0 spiro atoms. The van der Waals surface area contributed by atoms with Crippen molar-refractivity contribution in [3.8, 4) is 23.0 Å². The lowest BCUT2D eigenvalue weighted by molar-refractivity contribution is 0.104. The van der Waals surface area contributed by atoms with E-state index in [4.69, 9.17) is 18.9 Å². The van der Waals surface area contributed by atoms with E-state index in [1.54, 1.807) is 31.4 Å². The Morgan fingerprint density at radius 2 is 1.42 bits per heavy atom. The van der Waals surface area contributed by atoms with Gasteiger partial charge < -0.3 is 18.9 Å². The van der Waals surface area contributed by atoms with E-state index >= 15 is 0 Å². The maximum Gasteiger partial charge on any atom is 0.185 e. The van der Waals surface area contributed by atoms with Crippen molar-refractivity contribution in [1.82, 2.24) is 0 Å². The molecule has 0 aliphatic carbocycles. The third-order valence-corrected chi connectivity index (χ3v) is 4.54. The largest absolute Gasteiger partial charge is 0.493 e. The van der Waals surface area contributed by atoms with Crippen molar-refractivity contribution in [3.63, 3.8) is 0 Å². The average molecular weight is 455 g/mol. The molecule has 0 saturated heterocycles. The number of benzene rings is 2. The van der Waals surface area contributed by atoms with Gasteiger partial charge in [-0.05, 0) is 48.1 Å². The van der Waals surface area contributed by atoms with Gasteiger partial charge in [0.1, 0.15) is 11.5 Å². The molecule has 0 bridgehead atoms. The highest BCUT2D eigenvalue weighted by Gasteiger charge is 2.15. The van der Waals surface area contributed by atoms with Crippen molar-refractivity contribution >= 4 is 11.9 Å². The van der Waals surface area contributed by atoms with Crippen LogP contribution in [0.25, 0.3) is 6.08 Å². The van der Waals surface area contributed by atoms with Crippen molar-refractivity contribution in [3.05, 3.63) is 53.6 Å². The quantitative estimate of drug-likeness (QED) is 0.249. The molecule has 33 heavy (non-hydrogen) atoms. The summed E-state index contributed by atoms with van der Waals surface area (Å²) < 4.78 is 23.3. The van der Waals surface area contributed by atoms with Gasteiger partial charge in [0.2, 0.25) is 0 Å². The van der Waals surface area contributed by atoms with Gasteiger partial charge in [-0.3, -0.25) is 4.79 Å². The lowest BCUT2D eigenvalue weighted by Gasteiger charge is -2.17. The van der Waals surface area contributed by atoms with Crippen LogP contribution >= 0.6 is 0 Å². The summed E-state index contributed by atoms with van der Waals surface area (Å²) in [5, 5.41) is 0. The standard InChI is InChI=1S/C28H38O5/c1-19(2)16-31-24-10-8-9-22(13-24)26(29)12-11-23-14-25(32-17-20(3)4)15-27(30-7)28(23)33-18-21(5)6/h8-15,19-21H,16-18H2,1-7H3. The molecular weight excluding hydrogens is 416 g/mol. The number of hydrogen-bond acceptors (Lipinski definition) is 5. The van der Waals surface area contributed by atoms with Crippen LogP contribution in [0, 0.1) is 17.8 Å².